The fraction of sp³-hybridized carbons (Fsp3) is 1.00. The van der Waals surface area contributed by atoms with Crippen LogP contribution in [-0.2, 0) is 10.0 Å². The fourth-order valence-corrected chi connectivity index (χ4v) is 3.99. The van der Waals surface area contributed by atoms with Crippen LogP contribution < -0.4 is 5.32 Å². The topological polar surface area (TPSA) is 49.4 Å². The van der Waals surface area contributed by atoms with E-state index in [1.54, 1.807) is 11.2 Å². The van der Waals surface area contributed by atoms with E-state index in [-0.39, 0.29) is 5.75 Å². The van der Waals surface area contributed by atoms with Crippen molar-refractivity contribution in [3.05, 3.63) is 0 Å². The summed E-state index contributed by atoms with van der Waals surface area (Å²) in [6, 6.07) is 0.645. The number of sulfonamides is 1. The molecule has 0 spiro atoms. The van der Waals surface area contributed by atoms with Crippen molar-refractivity contribution in [3.63, 3.8) is 0 Å². The van der Waals surface area contributed by atoms with E-state index in [4.69, 9.17) is 0 Å². The van der Waals surface area contributed by atoms with Crippen LogP contribution in [-0.4, -0.2) is 44.2 Å². The summed E-state index contributed by atoms with van der Waals surface area (Å²) in [7, 11) is -2.96. The number of piperidine rings is 1. The molecule has 2 rings (SSSR count). The van der Waals surface area contributed by atoms with Crippen molar-refractivity contribution in [2.45, 2.75) is 38.6 Å². The lowest BCUT2D eigenvalue weighted by molar-refractivity contribution is 0.234. The Hall–Kier alpha value is -0.130. The average molecular weight is 246 g/mol. The maximum Gasteiger partial charge on any atom is 0.213 e. The lowest BCUT2D eigenvalue weighted by Crippen LogP contribution is -2.43. The standard InChI is InChI=1S/C11H22N2O2S/c1-2-16(14,15)13-8-5-10(6-9-13)11-4-3-7-12-11/h10-12H,2-9H2,1H3. The third-order valence-electron chi connectivity index (χ3n) is 3.92. The molecule has 0 aliphatic carbocycles. The van der Waals surface area contributed by atoms with E-state index in [0.29, 0.717) is 12.0 Å². The van der Waals surface area contributed by atoms with Gasteiger partial charge in [-0.25, -0.2) is 12.7 Å². The van der Waals surface area contributed by atoms with Gasteiger partial charge >= 0.3 is 0 Å². The minimum atomic E-state index is -2.96. The highest BCUT2D eigenvalue weighted by atomic mass is 32.2. The van der Waals surface area contributed by atoms with E-state index in [9.17, 15) is 8.42 Å². The van der Waals surface area contributed by atoms with E-state index in [2.05, 4.69) is 5.32 Å². The number of hydrogen-bond acceptors (Lipinski definition) is 3. The molecule has 2 saturated heterocycles. The summed E-state index contributed by atoms with van der Waals surface area (Å²) in [6.45, 7) is 4.30. The molecule has 1 unspecified atom stereocenters. The first-order valence-electron chi connectivity index (χ1n) is 6.34. The van der Waals surface area contributed by atoms with Crippen molar-refractivity contribution in [2.24, 2.45) is 5.92 Å². The average Bonchev–Trinajstić information content (AvgIpc) is 2.83. The van der Waals surface area contributed by atoms with Crippen molar-refractivity contribution >= 4 is 10.0 Å². The van der Waals surface area contributed by atoms with Crippen LogP contribution in [0.1, 0.15) is 32.6 Å². The van der Waals surface area contributed by atoms with Crippen molar-refractivity contribution in [3.8, 4) is 0 Å². The highest BCUT2D eigenvalue weighted by Gasteiger charge is 2.31. The molecule has 0 saturated carbocycles. The van der Waals surface area contributed by atoms with Gasteiger partial charge in [-0.1, -0.05) is 0 Å². The van der Waals surface area contributed by atoms with Crippen molar-refractivity contribution in [2.75, 3.05) is 25.4 Å². The molecule has 2 aliphatic rings. The minimum Gasteiger partial charge on any atom is -0.314 e. The molecule has 16 heavy (non-hydrogen) atoms. The summed E-state index contributed by atoms with van der Waals surface area (Å²) in [5.74, 6) is 0.921. The highest BCUT2D eigenvalue weighted by molar-refractivity contribution is 7.89. The number of nitrogens with zero attached hydrogens (tertiary/aromatic N) is 1. The first kappa shape index (κ1) is 12.3. The Bertz CT molecular complexity index is 315. The number of rotatable bonds is 3. The summed E-state index contributed by atoms with van der Waals surface area (Å²) >= 11 is 0. The molecule has 0 aromatic carbocycles. The van der Waals surface area contributed by atoms with Crippen LogP contribution >= 0.6 is 0 Å². The van der Waals surface area contributed by atoms with Crippen LogP contribution in [0, 0.1) is 5.92 Å². The van der Waals surface area contributed by atoms with E-state index in [0.717, 1.165) is 32.5 Å². The smallest absolute Gasteiger partial charge is 0.213 e. The zero-order chi connectivity index (χ0) is 11.6. The van der Waals surface area contributed by atoms with E-state index in [1.807, 2.05) is 0 Å². The quantitative estimate of drug-likeness (QED) is 0.801. The van der Waals surface area contributed by atoms with Gasteiger partial charge in [-0.2, -0.15) is 0 Å². The van der Waals surface area contributed by atoms with Gasteiger partial charge in [-0.15, -0.1) is 0 Å². The Morgan fingerprint density at radius 3 is 2.44 bits per heavy atom. The van der Waals surface area contributed by atoms with Gasteiger partial charge in [0.15, 0.2) is 0 Å². The van der Waals surface area contributed by atoms with Crippen LogP contribution in [0.3, 0.4) is 0 Å². The molecule has 94 valence electrons. The molecule has 0 aromatic heterocycles. The van der Waals surface area contributed by atoms with Crippen LogP contribution in [0.15, 0.2) is 0 Å². The molecule has 0 radical (unpaired) electrons. The lowest BCUT2D eigenvalue weighted by Gasteiger charge is -2.33. The van der Waals surface area contributed by atoms with Gasteiger partial charge in [-0.3, -0.25) is 0 Å². The second-order valence-corrected chi connectivity index (χ2v) is 7.10. The molecule has 0 bridgehead atoms. The van der Waals surface area contributed by atoms with Crippen molar-refractivity contribution in [1.82, 2.24) is 9.62 Å². The Balaban J connectivity index is 1.87. The third-order valence-corrected chi connectivity index (χ3v) is 5.81. The molecule has 4 nitrogen and oxygen atoms in total. The second-order valence-electron chi connectivity index (χ2n) is 4.84. The molecular weight excluding hydrogens is 224 g/mol. The molecule has 0 amide bonds. The molecule has 1 N–H and O–H groups in total. The summed E-state index contributed by atoms with van der Waals surface area (Å²) in [4.78, 5) is 0. The first-order valence-corrected chi connectivity index (χ1v) is 7.95. The van der Waals surface area contributed by atoms with Crippen molar-refractivity contribution < 1.29 is 8.42 Å². The van der Waals surface area contributed by atoms with Gasteiger partial charge in [0, 0.05) is 19.1 Å². The van der Waals surface area contributed by atoms with Gasteiger partial charge < -0.3 is 5.32 Å². The maximum atomic E-state index is 11.7. The lowest BCUT2D eigenvalue weighted by atomic mass is 9.89. The molecule has 2 heterocycles. The zero-order valence-corrected chi connectivity index (χ0v) is 10.8. The van der Waals surface area contributed by atoms with Crippen LogP contribution in [0.5, 0.6) is 0 Å². The molecule has 2 aliphatic heterocycles. The Kier molecular flexibility index (Phi) is 3.87. The molecule has 1 atom stereocenters. The van der Waals surface area contributed by atoms with Gasteiger partial charge in [0.05, 0.1) is 5.75 Å². The maximum absolute atomic E-state index is 11.7. The van der Waals surface area contributed by atoms with Gasteiger partial charge in [-0.05, 0) is 45.1 Å². The monoisotopic (exact) mass is 246 g/mol. The van der Waals surface area contributed by atoms with Crippen LogP contribution in [0.25, 0.3) is 0 Å². The Labute approximate surface area is 98.4 Å². The van der Waals surface area contributed by atoms with E-state index >= 15 is 0 Å². The Morgan fingerprint density at radius 2 is 1.94 bits per heavy atom. The van der Waals surface area contributed by atoms with Gasteiger partial charge in [0.25, 0.3) is 0 Å². The molecule has 2 fully saturated rings. The predicted molar refractivity (Wildman–Crippen MR) is 64.8 cm³/mol. The first-order chi connectivity index (χ1) is 7.63. The van der Waals surface area contributed by atoms with Crippen molar-refractivity contribution in [1.29, 1.82) is 0 Å². The highest BCUT2D eigenvalue weighted by Crippen LogP contribution is 2.26. The fourth-order valence-electron chi connectivity index (χ4n) is 2.85. The summed E-state index contributed by atoms with van der Waals surface area (Å²) in [6.07, 6.45) is 4.59. The van der Waals surface area contributed by atoms with Crippen LogP contribution in [0.4, 0.5) is 0 Å². The van der Waals surface area contributed by atoms with E-state index in [1.165, 1.54) is 12.8 Å². The number of nitrogens with one attached hydrogen (secondary N) is 1. The van der Waals surface area contributed by atoms with E-state index < -0.39 is 10.0 Å². The zero-order valence-electron chi connectivity index (χ0n) is 9.98. The Morgan fingerprint density at radius 1 is 1.25 bits per heavy atom. The minimum absolute atomic E-state index is 0.235. The van der Waals surface area contributed by atoms with Gasteiger partial charge in [0.1, 0.15) is 0 Å². The van der Waals surface area contributed by atoms with Gasteiger partial charge in [0.2, 0.25) is 10.0 Å². The second kappa shape index (κ2) is 5.02. The predicted octanol–water partition coefficient (Wildman–Crippen LogP) is 0.800. The normalized spacial score (nSPS) is 29.7. The summed E-state index contributed by atoms with van der Waals surface area (Å²) < 4.78 is 25.1. The summed E-state index contributed by atoms with van der Waals surface area (Å²) in [5.41, 5.74) is 0. The molecular formula is C11H22N2O2S. The largest absolute Gasteiger partial charge is 0.314 e. The van der Waals surface area contributed by atoms with Crippen LogP contribution in [0.2, 0.25) is 0 Å². The SMILES string of the molecule is CCS(=O)(=O)N1CCC(C2CCCN2)CC1. The number of hydrogen-bond donors (Lipinski definition) is 1. The third kappa shape index (κ3) is 2.57. The summed E-state index contributed by atoms with van der Waals surface area (Å²) in [5, 5.41) is 3.53. The molecule has 0 aromatic rings. The molecule has 5 heteroatoms.